The number of hydrogen-bond acceptors (Lipinski definition) is 4. The van der Waals surface area contributed by atoms with E-state index in [4.69, 9.17) is 23.2 Å². The van der Waals surface area contributed by atoms with E-state index in [9.17, 15) is 18.0 Å². The number of sulfonamides is 1. The van der Waals surface area contributed by atoms with Gasteiger partial charge in [-0.05, 0) is 67.8 Å². The van der Waals surface area contributed by atoms with Crippen LogP contribution in [-0.4, -0.2) is 44.3 Å². The number of anilines is 1. The zero-order valence-corrected chi connectivity index (χ0v) is 24.6. The van der Waals surface area contributed by atoms with Gasteiger partial charge in [-0.3, -0.25) is 13.9 Å². The Morgan fingerprint density at radius 1 is 0.923 bits per heavy atom. The summed E-state index contributed by atoms with van der Waals surface area (Å²) in [5, 5.41) is 3.73. The summed E-state index contributed by atoms with van der Waals surface area (Å²) in [5.41, 5.74) is 1.90. The Bertz CT molecular complexity index is 1380. The molecule has 3 aromatic rings. The van der Waals surface area contributed by atoms with Gasteiger partial charge in [0.25, 0.3) is 10.0 Å². The van der Waals surface area contributed by atoms with Crippen LogP contribution in [0.4, 0.5) is 5.69 Å². The van der Waals surface area contributed by atoms with Gasteiger partial charge in [0.1, 0.15) is 12.6 Å². The molecule has 0 bridgehead atoms. The summed E-state index contributed by atoms with van der Waals surface area (Å²) in [6.07, 6.45) is 1.08. The number of rotatable bonds is 12. The largest absolute Gasteiger partial charge is 0.354 e. The average Bonchev–Trinajstić information content (AvgIpc) is 2.91. The van der Waals surface area contributed by atoms with Crippen LogP contribution in [0.25, 0.3) is 0 Å². The van der Waals surface area contributed by atoms with E-state index in [1.54, 1.807) is 54.6 Å². The lowest BCUT2D eigenvalue weighted by Crippen LogP contribution is -2.52. The predicted octanol–water partition coefficient (Wildman–Crippen LogP) is 5.83. The van der Waals surface area contributed by atoms with Crippen molar-refractivity contribution >= 4 is 50.7 Å². The van der Waals surface area contributed by atoms with E-state index in [0.29, 0.717) is 23.0 Å². The molecule has 1 unspecified atom stereocenters. The highest BCUT2D eigenvalue weighted by Gasteiger charge is 2.33. The van der Waals surface area contributed by atoms with Crippen molar-refractivity contribution in [2.24, 2.45) is 0 Å². The van der Waals surface area contributed by atoms with Crippen molar-refractivity contribution in [3.05, 3.63) is 94.0 Å². The van der Waals surface area contributed by atoms with Gasteiger partial charge in [0.05, 0.1) is 10.6 Å². The number of amides is 2. The Hall–Kier alpha value is -3.07. The first-order valence-corrected chi connectivity index (χ1v) is 14.9. The molecular formula is C29H33Cl2N3O4S. The van der Waals surface area contributed by atoms with Crippen LogP contribution in [0.5, 0.6) is 0 Å². The van der Waals surface area contributed by atoms with Crippen molar-refractivity contribution in [3.8, 4) is 0 Å². The van der Waals surface area contributed by atoms with Crippen molar-refractivity contribution in [1.82, 2.24) is 10.2 Å². The fourth-order valence-corrected chi connectivity index (χ4v) is 5.79. The number of halogens is 2. The molecule has 7 nitrogen and oxygen atoms in total. The molecule has 39 heavy (non-hydrogen) atoms. The number of nitrogens with one attached hydrogen (secondary N) is 1. The van der Waals surface area contributed by atoms with Crippen LogP contribution in [0, 0.1) is 6.92 Å². The summed E-state index contributed by atoms with van der Waals surface area (Å²) in [5.74, 6) is -0.823. The molecule has 0 radical (unpaired) electrons. The van der Waals surface area contributed by atoms with E-state index in [2.05, 4.69) is 5.32 Å². The average molecular weight is 591 g/mol. The van der Waals surface area contributed by atoms with Gasteiger partial charge in [-0.2, -0.15) is 0 Å². The number of carbonyl (C=O) groups is 2. The second-order valence-electron chi connectivity index (χ2n) is 9.17. The van der Waals surface area contributed by atoms with E-state index in [-0.39, 0.29) is 23.0 Å². The van der Waals surface area contributed by atoms with Crippen LogP contribution < -0.4 is 9.62 Å². The molecule has 0 spiro atoms. The van der Waals surface area contributed by atoms with Gasteiger partial charge in [0.2, 0.25) is 11.8 Å². The van der Waals surface area contributed by atoms with Crippen molar-refractivity contribution in [1.29, 1.82) is 0 Å². The molecule has 0 saturated carbocycles. The van der Waals surface area contributed by atoms with E-state index in [1.807, 2.05) is 20.8 Å². The number of aryl methyl sites for hydroxylation is 1. The predicted molar refractivity (Wildman–Crippen MR) is 157 cm³/mol. The zero-order valence-electron chi connectivity index (χ0n) is 22.2. The molecule has 0 fully saturated rings. The van der Waals surface area contributed by atoms with Crippen molar-refractivity contribution < 1.29 is 18.0 Å². The molecular weight excluding hydrogens is 557 g/mol. The minimum atomic E-state index is -4.15. The molecule has 0 saturated heterocycles. The minimum absolute atomic E-state index is 0.0397. The zero-order chi connectivity index (χ0) is 28.6. The topological polar surface area (TPSA) is 86.8 Å². The molecule has 3 aromatic carbocycles. The van der Waals surface area contributed by atoms with Crippen LogP contribution in [0.15, 0.2) is 77.7 Å². The summed E-state index contributed by atoms with van der Waals surface area (Å²) < 4.78 is 28.7. The third-order valence-electron chi connectivity index (χ3n) is 6.19. The molecule has 10 heteroatoms. The molecule has 0 aliphatic rings. The Labute approximate surface area is 240 Å². The van der Waals surface area contributed by atoms with Crippen molar-refractivity contribution in [2.75, 3.05) is 17.4 Å². The Morgan fingerprint density at radius 2 is 1.59 bits per heavy atom. The highest BCUT2D eigenvalue weighted by atomic mass is 35.5. The highest BCUT2D eigenvalue weighted by Crippen LogP contribution is 2.27. The van der Waals surface area contributed by atoms with Crippen molar-refractivity contribution in [3.63, 3.8) is 0 Å². The second-order valence-corrected chi connectivity index (χ2v) is 11.9. The van der Waals surface area contributed by atoms with E-state index >= 15 is 0 Å². The minimum Gasteiger partial charge on any atom is -0.354 e. The lowest BCUT2D eigenvalue weighted by atomic mass is 10.1. The SMILES string of the molecule is CCCNC(=O)C(CC)N(Cc1ccc(Cl)cc1)C(=O)CN(c1cccc(Cl)c1)S(=O)(=O)c1ccc(C)cc1. The molecule has 2 amide bonds. The van der Waals surface area contributed by atoms with Gasteiger partial charge >= 0.3 is 0 Å². The molecule has 0 aliphatic carbocycles. The molecule has 1 atom stereocenters. The first-order chi connectivity index (χ1) is 18.6. The molecule has 0 aliphatic heterocycles. The van der Waals surface area contributed by atoms with Crippen LogP contribution in [0.2, 0.25) is 10.0 Å². The van der Waals surface area contributed by atoms with Crippen molar-refractivity contribution in [2.45, 2.75) is 51.1 Å². The van der Waals surface area contributed by atoms with Gasteiger partial charge in [-0.1, -0.05) is 72.9 Å². The van der Waals surface area contributed by atoms with E-state index < -0.39 is 28.5 Å². The number of benzene rings is 3. The Morgan fingerprint density at radius 3 is 2.18 bits per heavy atom. The lowest BCUT2D eigenvalue weighted by Gasteiger charge is -2.33. The monoisotopic (exact) mass is 589 g/mol. The summed E-state index contributed by atoms with van der Waals surface area (Å²) in [6.45, 7) is 5.66. The summed E-state index contributed by atoms with van der Waals surface area (Å²) in [4.78, 5) is 28.5. The third-order valence-corrected chi connectivity index (χ3v) is 8.46. The maximum Gasteiger partial charge on any atom is 0.264 e. The Balaban J connectivity index is 2.04. The standard InChI is InChI=1S/C29H33Cl2N3O4S/c1-4-17-32-29(36)27(5-2)33(19-22-11-13-23(30)14-12-22)28(35)20-34(25-8-6-7-24(31)18-25)39(37,38)26-15-9-21(3)10-16-26/h6-16,18,27H,4-5,17,19-20H2,1-3H3,(H,32,36). The third kappa shape index (κ3) is 7.97. The maximum absolute atomic E-state index is 14.0. The number of nitrogens with zero attached hydrogens (tertiary/aromatic N) is 2. The Kier molecular flexibility index (Phi) is 10.8. The van der Waals surface area contributed by atoms with Gasteiger partial charge in [-0.15, -0.1) is 0 Å². The molecule has 208 valence electrons. The summed E-state index contributed by atoms with van der Waals surface area (Å²) in [6, 6.07) is 18.9. The molecule has 0 aromatic heterocycles. The summed E-state index contributed by atoms with van der Waals surface area (Å²) >= 11 is 12.3. The number of hydrogen-bond donors (Lipinski definition) is 1. The maximum atomic E-state index is 14.0. The first-order valence-electron chi connectivity index (χ1n) is 12.7. The smallest absolute Gasteiger partial charge is 0.264 e. The first kappa shape index (κ1) is 30.5. The fourth-order valence-electron chi connectivity index (χ4n) is 4.07. The normalized spacial score (nSPS) is 12.0. The van der Waals surface area contributed by atoms with Gasteiger partial charge in [-0.25, -0.2) is 8.42 Å². The van der Waals surface area contributed by atoms with Crippen LogP contribution in [-0.2, 0) is 26.2 Å². The molecule has 0 heterocycles. The summed E-state index contributed by atoms with van der Waals surface area (Å²) in [7, 11) is -4.15. The van der Waals surface area contributed by atoms with Gasteiger partial charge in [0.15, 0.2) is 0 Å². The van der Waals surface area contributed by atoms with Gasteiger partial charge in [0, 0.05) is 23.1 Å². The van der Waals surface area contributed by atoms with Gasteiger partial charge < -0.3 is 10.2 Å². The lowest BCUT2D eigenvalue weighted by molar-refractivity contribution is -0.140. The molecule has 3 rings (SSSR count). The highest BCUT2D eigenvalue weighted by molar-refractivity contribution is 7.92. The second kappa shape index (κ2) is 13.8. The van der Waals surface area contributed by atoms with E-state index in [1.165, 1.54) is 23.1 Å². The van der Waals surface area contributed by atoms with Crippen LogP contribution in [0.3, 0.4) is 0 Å². The fraction of sp³-hybridized carbons (Fsp3) is 0.310. The van der Waals surface area contributed by atoms with Crippen LogP contribution in [0.1, 0.15) is 37.8 Å². The van der Waals surface area contributed by atoms with Crippen LogP contribution >= 0.6 is 23.2 Å². The molecule has 1 N–H and O–H groups in total. The quantitative estimate of drug-likeness (QED) is 0.288. The number of carbonyl (C=O) groups excluding carboxylic acids is 2. The van der Waals surface area contributed by atoms with E-state index in [0.717, 1.165) is 21.9 Å².